The van der Waals surface area contributed by atoms with E-state index in [2.05, 4.69) is 52.4 Å². The van der Waals surface area contributed by atoms with E-state index in [-0.39, 0.29) is 0 Å². The first kappa shape index (κ1) is 18.9. The maximum absolute atomic E-state index is 4.71. The number of tetrazole rings is 1. The number of rotatable bonds is 7. The highest BCUT2D eigenvalue weighted by atomic mass is 15.5. The summed E-state index contributed by atoms with van der Waals surface area (Å²) in [7, 11) is 0. The fraction of sp³-hybridized carbons (Fsp3) is 0.333. The van der Waals surface area contributed by atoms with E-state index < -0.39 is 0 Å². The van der Waals surface area contributed by atoms with Gasteiger partial charge in [0.15, 0.2) is 5.82 Å². The Morgan fingerprint density at radius 3 is 2.55 bits per heavy atom. The quantitative estimate of drug-likeness (QED) is 0.519. The molecule has 148 valence electrons. The molecule has 0 saturated carbocycles. The highest BCUT2D eigenvalue weighted by molar-refractivity contribution is 5.78. The highest BCUT2D eigenvalue weighted by Crippen LogP contribution is 2.28. The van der Waals surface area contributed by atoms with Gasteiger partial charge in [0, 0.05) is 29.7 Å². The van der Waals surface area contributed by atoms with Crippen molar-refractivity contribution in [2.24, 2.45) is 0 Å². The number of nitrogens with one attached hydrogen (secondary N) is 1. The normalized spacial score (nSPS) is 11.3. The lowest BCUT2D eigenvalue weighted by atomic mass is 10.0. The molecule has 4 rings (SSSR count). The van der Waals surface area contributed by atoms with Gasteiger partial charge in [0.2, 0.25) is 5.82 Å². The van der Waals surface area contributed by atoms with Gasteiger partial charge in [-0.25, -0.2) is 9.67 Å². The molecule has 0 bridgehead atoms. The third-order valence-electron chi connectivity index (χ3n) is 4.70. The van der Waals surface area contributed by atoms with E-state index in [0.29, 0.717) is 18.3 Å². The standard InChI is InChI=1S/C21H24N8/c1-4-7-19-23-20(14(2)3)26-29(19)13-15-10-11-18(22-12-15)16-8-5-6-9-17(16)21-24-27-28-25-21/h5-6,8-12,14H,4,7,13H2,1-3H3,(H,24,25,27,28). The molecule has 1 N–H and O–H groups in total. The number of nitrogens with zero attached hydrogens (tertiary/aromatic N) is 7. The average Bonchev–Trinajstić information content (AvgIpc) is 3.40. The highest BCUT2D eigenvalue weighted by Gasteiger charge is 2.14. The first-order chi connectivity index (χ1) is 14.2. The Bertz CT molecular complexity index is 1060. The molecule has 0 fully saturated rings. The van der Waals surface area contributed by atoms with Crippen molar-refractivity contribution in [1.29, 1.82) is 0 Å². The Kier molecular flexibility index (Phi) is 5.41. The van der Waals surface area contributed by atoms with Gasteiger partial charge in [-0.1, -0.05) is 51.1 Å². The summed E-state index contributed by atoms with van der Waals surface area (Å²) in [5.74, 6) is 2.79. The number of benzene rings is 1. The number of hydrogen-bond acceptors (Lipinski definition) is 6. The first-order valence-electron chi connectivity index (χ1n) is 9.87. The summed E-state index contributed by atoms with van der Waals surface area (Å²) in [4.78, 5) is 9.40. The molecule has 0 unspecified atom stereocenters. The van der Waals surface area contributed by atoms with E-state index >= 15 is 0 Å². The van der Waals surface area contributed by atoms with Crippen molar-refractivity contribution < 1.29 is 0 Å². The number of hydrogen-bond donors (Lipinski definition) is 1. The second-order valence-electron chi connectivity index (χ2n) is 7.28. The van der Waals surface area contributed by atoms with Crippen molar-refractivity contribution in [3.63, 3.8) is 0 Å². The molecule has 0 amide bonds. The van der Waals surface area contributed by atoms with Gasteiger partial charge in [-0.05, 0) is 23.3 Å². The van der Waals surface area contributed by atoms with Crippen molar-refractivity contribution >= 4 is 0 Å². The van der Waals surface area contributed by atoms with E-state index in [4.69, 9.17) is 10.1 Å². The number of aromatic nitrogens is 8. The lowest BCUT2D eigenvalue weighted by Crippen LogP contribution is -2.07. The largest absolute Gasteiger partial charge is 0.256 e. The molecule has 1 aromatic carbocycles. The Balaban J connectivity index is 1.60. The van der Waals surface area contributed by atoms with Gasteiger partial charge in [0.1, 0.15) is 5.82 Å². The monoisotopic (exact) mass is 388 g/mol. The van der Waals surface area contributed by atoms with Crippen LogP contribution in [0.15, 0.2) is 42.6 Å². The van der Waals surface area contributed by atoms with Gasteiger partial charge in [-0.15, -0.1) is 10.2 Å². The summed E-state index contributed by atoms with van der Waals surface area (Å²) in [5.41, 5.74) is 3.81. The lowest BCUT2D eigenvalue weighted by molar-refractivity contribution is 0.618. The van der Waals surface area contributed by atoms with E-state index in [1.807, 2.05) is 41.2 Å². The van der Waals surface area contributed by atoms with Gasteiger partial charge in [-0.2, -0.15) is 10.3 Å². The Morgan fingerprint density at radius 2 is 1.90 bits per heavy atom. The number of pyridine rings is 1. The third-order valence-corrected chi connectivity index (χ3v) is 4.70. The summed E-state index contributed by atoms with van der Waals surface area (Å²) < 4.78 is 2.00. The lowest BCUT2D eigenvalue weighted by Gasteiger charge is -2.08. The predicted octanol–water partition coefficient (Wildman–Crippen LogP) is 3.64. The van der Waals surface area contributed by atoms with Crippen molar-refractivity contribution in [2.75, 3.05) is 0 Å². The zero-order valence-corrected chi connectivity index (χ0v) is 16.9. The Labute approximate surface area is 169 Å². The maximum Gasteiger partial charge on any atom is 0.205 e. The van der Waals surface area contributed by atoms with Gasteiger partial charge in [-0.3, -0.25) is 4.98 Å². The first-order valence-corrected chi connectivity index (χ1v) is 9.87. The van der Waals surface area contributed by atoms with Gasteiger partial charge < -0.3 is 0 Å². The molecule has 8 nitrogen and oxygen atoms in total. The van der Waals surface area contributed by atoms with Crippen LogP contribution in [0.25, 0.3) is 22.6 Å². The zero-order valence-electron chi connectivity index (χ0n) is 16.9. The fourth-order valence-corrected chi connectivity index (χ4v) is 3.20. The van der Waals surface area contributed by atoms with Crippen LogP contribution in [-0.4, -0.2) is 40.4 Å². The Hall–Kier alpha value is -3.42. The average molecular weight is 388 g/mol. The minimum absolute atomic E-state index is 0.314. The van der Waals surface area contributed by atoms with Crippen molar-refractivity contribution in [1.82, 2.24) is 40.4 Å². The smallest absolute Gasteiger partial charge is 0.205 e. The molecule has 0 atom stereocenters. The topological polar surface area (TPSA) is 98.1 Å². The fourth-order valence-electron chi connectivity index (χ4n) is 3.20. The minimum Gasteiger partial charge on any atom is -0.256 e. The third kappa shape index (κ3) is 4.06. The van der Waals surface area contributed by atoms with Gasteiger partial charge in [0.05, 0.1) is 12.2 Å². The van der Waals surface area contributed by atoms with Crippen LogP contribution in [0.1, 0.15) is 50.3 Å². The van der Waals surface area contributed by atoms with Crippen molar-refractivity contribution in [2.45, 2.75) is 46.1 Å². The summed E-state index contributed by atoms with van der Waals surface area (Å²) in [6.45, 7) is 7.06. The molecule has 8 heteroatoms. The van der Waals surface area contributed by atoms with Crippen LogP contribution >= 0.6 is 0 Å². The predicted molar refractivity (Wildman–Crippen MR) is 110 cm³/mol. The zero-order chi connectivity index (χ0) is 20.2. The summed E-state index contributed by atoms with van der Waals surface area (Å²) in [6, 6.07) is 12.0. The number of aromatic amines is 1. The second kappa shape index (κ2) is 8.30. The van der Waals surface area contributed by atoms with E-state index in [9.17, 15) is 0 Å². The molecule has 0 aliphatic rings. The molecular weight excluding hydrogens is 364 g/mol. The van der Waals surface area contributed by atoms with Gasteiger partial charge in [0.25, 0.3) is 0 Å². The van der Waals surface area contributed by atoms with Gasteiger partial charge >= 0.3 is 0 Å². The van der Waals surface area contributed by atoms with Crippen LogP contribution in [0.5, 0.6) is 0 Å². The molecule has 4 aromatic rings. The van der Waals surface area contributed by atoms with Crippen LogP contribution in [0.4, 0.5) is 0 Å². The van der Waals surface area contributed by atoms with Crippen LogP contribution in [0, 0.1) is 0 Å². The molecule has 29 heavy (non-hydrogen) atoms. The van der Waals surface area contributed by atoms with Crippen LogP contribution in [-0.2, 0) is 13.0 Å². The number of H-pyrrole nitrogens is 1. The molecule has 0 radical (unpaired) electrons. The molecule has 0 aliphatic carbocycles. The SMILES string of the molecule is CCCc1nc(C(C)C)nn1Cc1ccc(-c2ccccc2-c2nn[nH]n2)nc1. The molecule has 3 aromatic heterocycles. The molecular formula is C21H24N8. The van der Waals surface area contributed by atoms with Crippen molar-refractivity contribution in [3.05, 3.63) is 59.8 Å². The maximum atomic E-state index is 4.71. The van der Waals surface area contributed by atoms with Crippen LogP contribution in [0.2, 0.25) is 0 Å². The number of aryl methyl sites for hydroxylation is 1. The van der Waals surface area contributed by atoms with E-state index in [0.717, 1.165) is 46.9 Å². The van der Waals surface area contributed by atoms with Crippen molar-refractivity contribution in [3.8, 4) is 22.6 Å². The van der Waals surface area contributed by atoms with Crippen LogP contribution < -0.4 is 0 Å². The summed E-state index contributed by atoms with van der Waals surface area (Å²) in [5, 5.41) is 19.1. The molecule has 0 spiro atoms. The molecule has 3 heterocycles. The van der Waals surface area contributed by atoms with Crippen LogP contribution in [0.3, 0.4) is 0 Å². The minimum atomic E-state index is 0.314. The van der Waals surface area contributed by atoms with E-state index in [1.54, 1.807) is 0 Å². The molecule has 0 aliphatic heterocycles. The Morgan fingerprint density at radius 1 is 1.07 bits per heavy atom. The summed E-state index contributed by atoms with van der Waals surface area (Å²) in [6.07, 6.45) is 3.86. The summed E-state index contributed by atoms with van der Waals surface area (Å²) >= 11 is 0. The van der Waals surface area contributed by atoms with E-state index in [1.165, 1.54) is 0 Å². The second-order valence-corrected chi connectivity index (χ2v) is 7.28. The molecule has 0 saturated heterocycles.